The Balaban J connectivity index is 1.69. The largest absolute Gasteiger partial charge is 0.406 e. The first-order chi connectivity index (χ1) is 15.0. The molecule has 32 heavy (non-hydrogen) atoms. The minimum absolute atomic E-state index is 0.121. The summed E-state index contributed by atoms with van der Waals surface area (Å²) in [5.74, 6) is 2.21. The third kappa shape index (κ3) is 3.60. The van der Waals surface area contributed by atoms with Crippen molar-refractivity contribution in [1.29, 1.82) is 0 Å². The number of oxime groups is 2. The maximum Gasteiger partial charge on any atom is 0.185 e. The molecule has 0 saturated heterocycles. The number of nitrogens with zero attached hydrogens (tertiary/aromatic N) is 2. The van der Waals surface area contributed by atoms with Gasteiger partial charge in [-0.3, -0.25) is 0 Å². The molecule has 3 fully saturated rings. The second-order valence-corrected chi connectivity index (χ2v) is 16.6. The number of hydrogen-bond donors (Lipinski definition) is 0. The third-order valence-electron chi connectivity index (χ3n) is 9.60. The first-order valence-electron chi connectivity index (χ1n) is 12.6. The summed E-state index contributed by atoms with van der Waals surface area (Å²) >= 11 is 0. The quantitative estimate of drug-likeness (QED) is 0.265. The molecule has 6 atom stereocenters. The molecule has 0 bridgehead atoms. The SMILES string of the molecule is CO/N=C1/C=C2CCC3C(CCC4(C)C3CCC4(O[Si](C)(C)C)/C(C)=N/OC)C2(C)CC1. The minimum Gasteiger partial charge on any atom is -0.406 e. The van der Waals surface area contributed by atoms with E-state index in [4.69, 9.17) is 14.1 Å². The van der Waals surface area contributed by atoms with Gasteiger partial charge in [0.05, 0.1) is 11.4 Å². The predicted octanol–water partition coefficient (Wildman–Crippen LogP) is 6.56. The lowest BCUT2D eigenvalue weighted by Gasteiger charge is -2.60. The van der Waals surface area contributed by atoms with Gasteiger partial charge in [0, 0.05) is 5.41 Å². The molecule has 0 radical (unpaired) electrons. The van der Waals surface area contributed by atoms with Crippen molar-refractivity contribution >= 4 is 19.7 Å². The molecule has 0 heterocycles. The van der Waals surface area contributed by atoms with Crippen LogP contribution in [0.4, 0.5) is 0 Å². The van der Waals surface area contributed by atoms with Gasteiger partial charge in [0.2, 0.25) is 0 Å². The van der Waals surface area contributed by atoms with Crippen molar-refractivity contribution < 1.29 is 14.1 Å². The van der Waals surface area contributed by atoms with Gasteiger partial charge < -0.3 is 14.1 Å². The molecule has 0 aromatic carbocycles. The fraction of sp³-hybridized carbons (Fsp3) is 0.846. The van der Waals surface area contributed by atoms with E-state index in [1.54, 1.807) is 19.8 Å². The molecule has 0 aromatic heterocycles. The molecule has 4 aliphatic carbocycles. The summed E-state index contributed by atoms with van der Waals surface area (Å²) in [6.45, 7) is 14.2. The van der Waals surface area contributed by atoms with Gasteiger partial charge in [-0.15, -0.1) is 0 Å². The van der Waals surface area contributed by atoms with Gasteiger partial charge in [0.25, 0.3) is 0 Å². The molecule has 6 unspecified atom stereocenters. The van der Waals surface area contributed by atoms with E-state index in [9.17, 15) is 0 Å². The molecule has 3 saturated carbocycles. The summed E-state index contributed by atoms with van der Waals surface area (Å²) < 4.78 is 7.11. The van der Waals surface area contributed by atoms with E-state index in [2.05, 4.69) is 56.8 Å². The monoisotopic (exact) mass is 460 g/mol. The molecule has 0 spiro atoms. The Morgan fingerprint density at radius 1 is 0.969 bits per heavy atom. The van der Waals surface area contributed by atoms with Crippen LogP contribution in [0.2, 0.25) is 19.6 Å². The summed E-state index contributed by atoms with van der Waals surface area (Å²) in [6, 6.07) is 0. The van der Waals surface area contributed by atoms with Crippen molar-refractivity contribution in [2.24, 2.45) is 38.9 Å². The highest BCUT2D eigenvalue weighted by Crippen LogP contribution is 2.68. The highest BCUT2D eigenvalue weighted by molar-refractivity contribution is 6.70. The van der Waals surface area contributed by atoms with Crippen molar-refractivity contribution in [2.45, 2.75) is 97.4 Å². The van der Waals surface area contributed by atoms with Crippen molar-refractivity contribution in [3.05, 3.63) is 11.6 Å². The number of hydrogen-bond acceptors (Lipinski definition) is 5. The fourth-order valence-corrected chi connectivity index (χ4v) is 9.86. The van der Waals surface area contributed by atoms with Crippen LogP contribution in [0.15, 0.2) is 22.0 Å². The van der Waals surface area contributed by atoms with Gasteiger partial charge in [-0.05, 0) is 107 Å². The molecular formula is C26H44N2O3Si. The van der Waals surface area contributed by atoms with Crippen molar-refractivity contribution in [2.75, 3.05) is 14.2 Å². The second-order valence-electron chi connectivity index (χ2n) is 12.2. The summed E-state index contributed by atoms with van der Waals surface area (Å²) in [5, 5.41) is 8.75. The van der Waals surface area contributed by atoms with Gasteiger partial charge in [0.15, 0.2) is 8.32 Å². The average molecular weight is 461 g/mol. The van der Waals surface area contributed by atoms with E-state index in [-0.39, 0.29) is 11.0 Å². The lowest BCUT2D eigenvalue weighted by molar-refractivity contribution is -0.0886. The summed E-state index contributed by atoms with van der Waals surface area (Å²) in [5.41, 5.74) is 3.92. The Morgan fingerprint density at radius 2 is 1.69 bits per heavy atom. The van der Waals surface area contributed by atoms with Crippen LogP contribution >= 0.6 is 0 Å². The second kappa shape index (κ2) is 8.26. The number of rotatable bonds is 5. The molecule has 5 nitrogen and oxygen atoms in total. The predicted molar refractivity (Wildman–Crippen MR) is 133 cm³/mol. The first kappa shape index (κ1) is 24.0. The lowest BCUT2D eigenvalue weighted by Crippen LogP contribution is -2.60. The molecule has 0 aliphatic heterocycles. The fourth-order valence-electron chi connectivity index (χ4n) is 8.33. The Labute approximate surface area is 196 Å². The summed E-state index contributed by atoms with van der Waals surface area (Å²) in [4.78, 5) is 10.4. The lowest BCUT2D eigenvalue weighted by atomic mass is 9.46. The molecule has 6 heteroatoms. The number of allylic oxidation sites excluding steroid dienone is 2. The molecule has 0 aromatic rings. The zero-order chi connectivity index (χ0) is 23.4. The average Bonchev–Trinajstić information content (AvgIpc) is 3.00. The topological polar surface area (TPSA) is 52.4 Å². The van der Waals surface area contributed by atoms with Gasteiger partial charge >= 0.3 is 0 Å². The van der Waals surface area contributed by atoms with Crippen LogP contribution < -0.4 is 0 Å². The van der Waals surface area contributed by atoms with Crippen molar-refractivity contribution in [1.82, 2.24) is 0 Å². The Morgan fingerprint density at radius 3 is 2.34 bits per heavy atom. The van der Waals surface area contributed by atoms with Crippen LogP contribution in [0.3, 0.4) is 0 Å². The van der Waals surface area contributed by atoms with E-state index in [1.807, 2.05) is 0 Å². The van der Waals surface area contributed by atoms with Crippen LogP contribution in [0.5, 0.6) is 0 Å². The van der Waals surface area contributed by atoms with E-state index < -0.39 is 8.32 Å². The van der Waals surface area contributed by atoms with Crippen LogP contribution in [-0.2, 0) is 14.1 Å². The van der Waals surface area contributed by atoms with E-state index in [0.717, 1.165) is 36.1 Å². The van der Waals surface area contributed by atoms with Gasteiger partial charge in [0.1, 0.15) is 19.8 Å². The summed E-state index contributed by atoms with van der Waals surface area (Å²) in [6.07, 6.45) is 11.9. The Bertz CT molecular complexity index is 831. The molecule has 0 N–H and O–H groups in total. The van der Waals surface area contributed by atoms with E-state index in [1.165, 1.54) is 38.5 Å². The van der Waals surface area contributed by atoms with Crippen LogP contribution in [0.1, 0.15) is 72.1 Å². The smallest absolute Gasteiger partial charge is 0.185 e. The molecule has 180 valence electrons. The van der Waals surface area contributed by atoms with Crippen LogP contribution in [-0.4, -0.2) is 39.6 Å². The normalized spacial score (nSPS) is 43.2. The van der Waals surface area contributed by atoms with Crippen molar-refractivity contribution in [3.8, 4) is 0 Å². The van der Waals surface area contributed by atoms with Gasteiger partial charge in [-0.1, -0.05) is 29.7 Å². The third-order valence-corrected chi connectivity index (χ3v) is 10.6. The van der Waals surface area contributed by atoms with Gasteiger partial charge in [-0.25, -0.2) is 0 Å². The molecule has 4 rings (SSSR count). The zero-order valence-electron chi connectivity index (χ0n) is 21.6. The maximum absolute atomic E-state index is 7.11. The minimum atomic E-state index is -1.78. The molecule has 0 amide bonds. The zero-order valence-corrected chi connectivity index (χ0v) is 22.6. The molecule has 4 aliphatic rings. The van der Waals surface area contributed by atoms with Crippen LogP contribution in [0, 0.1) is 28.6 Å². The maximum atomic E-state index is 7.11. The van der Waals surface area contributed by atoms with Crippen LogP contribution in [0.25, 0.3) is 0 Å². The van der Waals surface area contributed by atoms with E-state index in [0.29, 0.717) is 11.3 Å². The highest BCUT2D eigenvalue weighted by atomic mass is 28.4. The van der Waals surface area contributed by atoms with Gasteiger partial charge in [-0.2, -0.15) is 0 Å². The first-order valence-corrected chi connectivity index (χ1v) is 16.0. The van der Waals surface area contributed by atoms with E-state index >= 15 is 0 Å². The standard InChI is InChI=1S/C26H44N2O3Si/c1-18(27-29-4)26(31-32(6,7)8)16-13-23-21-10-9-19-17-20(28-30-5)11-14-24(19,2)22(21)12-15-25(23,26)3/h17,21-23H,9-16H2,1-8H3/b27-18+,28-20+. The van der Waals surface area contributed by atoms with Crippen molar-refractivity contribution in [3.63, 3.8) is 0 Å². The number of fused-ring (bicyclic) bond motifs is 5. The molecular weight excluding hydrogens is 416 g/mol. The summed E-state index contributed by atoms with van der Waals surface area (Å²) in [7, 11) is 1.54. The Hall–Kier alpha value is -1.14. The highest BCUT2D eigenvalue weighted by Gasteiger charge is 2.66. The Kier molecular flexibility index (Phi) is 6.20.